The predicted molar refractivity (Wildman–Crippen MR) is 69.8 cm³/mol. The molecule has 96 valence electrons. The number of carbonyl (C=O) groups excluding carboxylic acids is 1. The maximum Gasteiger partial charge on any atom is 0.244 e. The van der Waals surface area contributed by atoms with E-state index >= 15 is 0 Å². The normalized spacial score (nSPS) is 10.3. The van der Waals surface area contributed by atoms with Gasteiger partial charge in [-0.25, -0.2) is 4.39 Å². The van der Waals surface area contributed by atoms with E-state index in [0.717, 1.165) is 6.42 Å². The van der Waals surface area contributed by atoms with Crippen LogP contribution in [0.25, 0.3) is 6.08 Å². The monoisotopic (exact) mass is 249 g/mol. The highest BCUT2D eigenvalue weighted by molar-refractivity contribution is 5.91. The Morgan fingerprint density at radius 1 is 1.56 bits per heavy atom. The van der Waals surface area contributed by atoms with Gasteiger partial charge in [0.25, 0.3) is 0 Å². The first-order chi connectivity index (χ1) is 8.67. The van der Waals surface area contributed by atoms with E-state index in [9.17, 15) is 9.18 Å². The summed E-state index contributed by atoms with van der Waals surface area (Å²) in [6, 6.07) is 4.51. The summed E-state index contributed by atoms with van der Waals surface area (Å²) >= 11 is 0. The van der Waals surface area contributed by atoms with Crippen molar-refractivity contribution in [1.29, 1.82) is 0 Å². The largest absolute Gasteiger partial charge is 0.494 e. The summed E-state index contributed by atoms with van der Waals surface area (Å²) in [5, 5.41) is 2.68. The maximum absolute atomic E-state index is 13.4. The van der Waals surface area contributed by atoms with Crippen LogP contribution in [0.5, 0.6) is 5.75 Å². The van der Waals surface area contributed by atoms with E-state index in [0.29, 0.717) is 12.1 Å². The molecule has 3 nitrogen and oxygen atoms in total. The summed E-state index contributed by atoms with van der Waals surface area (Å²) in [4.78, 5) is 11.3. The third kappa shape index (κ3) is 4.41. The summed E-state index contributed by atoms with van der Waals surface area (Å²) in [6.45, 7) is 4.10. The van der Waals surface area contributed by atoms with Crippen molar-refractivity contribution in [2.24, 2.45) is 0 Å². The standard InChI is InChI=1S/C14H16FNO2/c1-3-4-9-16-14(17)8-6-11-5-7-13(18-2)12(15)10-11/h3,5-8,10H,1,4,9H2,2H3,(H,16,17)/b8-6+. The third-order valence-corrected chi connectivity index (χ3v) is 2.25. The lowest BCUT2D eigenvalue weighted by molar-refractivity contribution is -0.116. The zero-order valence-corrected chi connectivity index (χ0v) is 10.3. The molecule has 0 atom stereocenters. The van der Waals surface area contributed by atoms with E-state index in [2.05, 4.69) is 11.9 Å². The lowest BCUT2D eigenvalue weighted by Crippen LogP contribution is -2.21. The highest BCUT2D eigenvalue weighted by Crippen LogP contribution is 2.18. The van der Waals surface area contributed by atoms with E-state index in [1.807, 2.05) is 0 Å². The van der Waals surface area contributed by atoms with Crippen molar-refractivity contribution in [2.75, 3.05) is 13.7 Å². The molecule has 0 aliphatic rings. The van der Waals surface area contributed by atoms with Crippen molar-refractivity contribution < 1.29 is 13.9 Å². The number of halogens is 1. The average Bonchev–Trinajstić information content (AvgIpc) is 2.37. The number of hydrogen-bond acceptors (Lipinski definition) is 2. The Morgan fingerprint density at radius 2 is 2.33 bits per heavy atom. The van der Waals surface area contributed by atoms with Crippen LogP contribution in [0.4, 0.5) is 4.39 Å². The summed E-state index contributed by atoms with van der Waals surface area (Å²) in [5.41, 5.74) is 0.604. The summed E-state index contributed by atoms with van der Waals surface area (Å²) in [7, 11) is 1.40. The highest BCUT2D eigenvalue weighted by atomic mass is 19.1. The second-order valence-electron chi connectivity index (χ2n) is 3.60. The first-order valence-electron chi connectivity index (χ1n) is 5.57. The van der Waals surface area contributed by atoms with Gasteiger partial charge in [-0.2, -0.15) is 0 Å². The molecule has 0 saturated heterocycles. The second kappa shape index (κ2) is 7.27. The van der Waals surface area contributed by atoms with Crippen LogP contribution in [0.15, 0.2) is 36.9 Å². The Balaban J connectivity index is 2.58. The molecule has 0 aromatic heterocycles. The average molecular weight is 249 g/mol. The van der Waals surface area contributed by atoms with Gasteiger partial charge in [0, 0.05) is 12.6 Å². The van der Waals surface area contributed by atoms with Gasteiger partial charge in [0.05, 0.1) is 7.11 Å². The van der Waals surface area contributed by atoms with Gasteiger partial charge in [0.15, 0.2) is 11.6 Å². The fourth-order valence-electron chi connectivity index (χ4n) is 1.31. The topological polar surface area (TPSA) is 38.3 Å². The molecule has 0 radical (unpaired) electrons. The SMILES string of the molecule is C=CCCNC(=O)/C=C/c1ccc(OC)c(F)c1. The Hall–Kier alpha value is -2.10. The number of rotatable bonds is 6. The second-order valence-corrected chi connectivity index (χ2v) is 3.60. The minimum absolute atomic E-state index is 0.183. The van der Waals surface area contributed by atoms with Gasteiger partial charge in [-0.15, -0.1) is 6.58 Å². The first-order valence-corrected chi connectivity index (χ1v) is 5.57. The van der Waals surface area contributed by atoms with Crippen molar-refractivity contribution >= 4 is 12.0 Å². The lowest BCUT2D eigenvalue weighted by atomic mass is 10.2. The minimum atomic E-state index is -0.452. The van der Waals surface area contributed by atoms with Crippen LogP contribution in [0, 0.1) is 5.82 Å². The van der Waals surface area contributed by atoms with Crippen LogP contribution in [0.1, 0.15) is 12.0 Å². The van der Waals surface area contributed by atoms with Gasteiger partial charge in [-0.1, -0.05) is 12.1 Å². The van der Waals surface area contributed by atoms with E-state index in [-0.39, 0.29) is 11.7 Å². The van der Waals surface area contributed by atoms with Crippen molar-refractivity contribution in [2.45, 2.75) is 6.42 Å². The zero-order valence-electron chi connectivity index (χ0n) is 10.3. The van der Waals surface area contributed by atoms with E-state index in [4.69, 9.17) is 4.74 Å². The summed E-state index contributed by atoms with van der Waals surface area (Å²) in [6.07, 6.45) is 5.36. The number of methoxy groups -OCH3 is 1. The van der Waals surface area contributed by atoms with E-state index < -0.39 is 5.82 Å². The van der Waals surface area contributed by atoms with Crippen LogP contribution < -0.4 is 10.1 Å². The Bertz CT molecular complexity index is 455. The fourth-order valence-corrected chi connectivity index (χ4v) is 1.31. The molecule has 18 heavy (non-hydrogen) atoms. The molecule has 1 aromatic rings. The maximum atomic E-state index is 13.4. The van der Waals surface area contributed by atoms with Gasteiger partial charge >= 0.3 is 0 Å². The number of benzene rings is 1. The van der Waals surface area contributed by atoms with Crippen LogP contribution in [-0.4, -0.2) is 19.6 Å². The van der Waals surface area contributed by atoms with E-state index in [1.165, 1.54) is 25.3 Å². The number of amides is 1. The summed E-state index contributed by atoms with van der Waals surface area (Å²) < 4.78 is 18.2. The van der Waals surface area contributed by atoms with Gasteiger partial charge in [-0.05, 0) is 30.2 Å². The van der Waals surface area contributed by atoms with E-state index in [1.54, 1.807) is 18.2 Å². The lowest BCUT2D eigenvalue weighted by Gasteiger charge is -2.02. The molecule has 1 aromatic carbocycles. The highest BCUT2D eigenvalue weighted by Gasteiger charge is 2.01. The molecule has 1 rings (SSSR count). The Kier molecular flexibility index (Phi) is 5.64. The number of nitrogens with one attached hydrogen (secondary N) is 1. The molecular weight excluding hydrogens is 233 g/mol. The van der Waals surface area contributed by atoms with Crippen LogP contribution in [0.2, 0.25) is 0 Å². The van der Waals surface area contributed by atoms with Crippen molar-refractivity contribution in [3.63, 3.8) is 0 Å². The van der Waals surface area contributed by atoms with Crippen molar-refractivity contribution in [1.82, 2.24) is 5.32 Å². The fraction of sp³-hybridized carbons (Fsp3) is 0.214. The Morgan fingerprint density at radius 3 is 2.94 bits per heavy atom. The molecule has 0 spiro atoms. The Labute approximate surface area is 106 Å². The van der Waals surface area contributed by atoms with Gasteiger partial charge in [-0.3, -0.25) is 4.79 Å². The molecule has 1 amide bonds. The summed E-state index contributed by atoms with van der Waals surface area (Å²) in [5.74, 6) is -0.484. The molecule has 0 unspecified atom stereocenters. The van der Waals surface area contributed by atoms with Gasteiger partial charge in [0.1, 0.15) is 0 Å². The molecule has 4 heteroatoms. The third-order valence-electron chi connectivity index (χ3n) is 2.25. The predicted octanol–water partition coefficient (Wildman–Crippen LogP) is 2.54. The number of carbonyl (C=O) groups is 1. The molecular formula is C14H16FNO2. The van der Waals surface area contributed by atoms with Crippen LogP contribution >= 0.6 is 0 Å². The molecule has 0 aliphatic carbocycles. The van der Waals surface area contributed by atoms with Gasteiger partial charge in [0.2, 0.25) is 5.91 Å². The molecule has 0 fully saturated rings. The van der Waals surface area contributed by atoms with Crippen LogP contribution in [0.3, 0.4) is 0 Å². The molecule has 0 heterocycles. The van der Waals surface area contributed by atoms with Crippen LogP contribution in [-0.2, 0) is 4.79 Å². The quantitative estimate of drug-likeness (QED) is 0.478. The molecule has 0 bridgehead atoms. The van der Waals surface area contributed by atoms with Crippen molar-refractivity contribution in [3.05, 3.63) is 48.3 Å². The van der Waals surface area contributed by atoms with Gasteiger partial charge < -0.3 is 10.1 Å². The molecule has 0 aliphatic heterocycles. The first kappa shape index (κ1) is 14.0. The van der Waals surface area contributed by atoms with Crippen molar-refractivity contribution in [3.8, 4) is 5.75 Å². The zero-order chi connectivity index (χ0) is 13.4. The molecule has 1 N–H and O–H groups in total. The number of ether oxygens (including phenoxy) is 1. The smallest absolute Gasteiger partial charge is 0.244 e. The molecule has 0 saturated carbocycles. The number of hydrogen-bond donors (Lipinski definition) is 1. The minimum Gasteiger partial charge on any atom is -0.494 e.